The van der Waals surface area contributed by atoms with E-state index in [1.54, 1.807) is 24.7 Å². The summed E-state index contributed by atoms with van der Waals surface area (Å²) in [6.07, 6.45) is 5.09. The van der Waals surface area contributed by atoms with Crippen LogP contribution in [0.4, 0.5) is 10.2 Å². The minimum Gasteiger partial charge on any atom is -0.383 e. The molecule has 3 N–H and O–H groups in total. The van der Waals surface area contributed by atoms with Gasteiger partial charge in [0.05, 0.1) is 11.3 Å². The molecule has 2 aromatic carbocycles. The lowest BCUT2D eigenvalue weighted by atomic mass is 10.1. The topological polar surface area (TPSA) is 112 Å². The summed E-state index contributed by atoms with van der Waals surface area (Å²) in [5.74, 6) is 0.175. The van der Waals surface area contributed by atoms with Crippen LogP contribution in [0.1, 0.15) is 15.9 Å². The summed E-state index contributed by atoms with van der Waals surface area (Å²) in [7, 11) is 0. The Bertz CT molecular complexity index is 1800. The molecule has 0 aliphatic carbocycles. The fourth-order valence-electron chi connectivity index (χ4n) is 4.35. The minimum absolute atomic E-state index is 0.270. The number of benzene rings is 2. The number of fused-ring (bicyclic) bond motifs is 1. The second-order valence-electron chi connectivity index (χ2n) is 8.84. The molecule has 1 amide bonds. The largest absolute Gasteiger partial charge is 0.383 e. The molecule has 0 atom stereocenters. The van der Waals surface area contributed by atoms with Crippen LogP contribution in [0.15, 0.2) is 104 Å². The monoisotopic (exact) mass is 515 g/mol. The van der Waals surface area contributed by atoms with Crippen LogP contribution in [0, 0.1) is 5.82 Å². The van der Waals surface area contributed by atoms with Crippen LogP contribution in [-0.4, -0.2) is 30.4 Å². The number of hydrogen-bond acceptors (Lipinski definition) is 6. The number of hydrogen-bond donors (Lipinski definition) is 2. The van der Waals surface area contributed by atoms with Gasteiger partial charge in [0, 0.05) is 41.9 Å². The van der Waals surface area contributed by atoms with Crippen molar-refractivity contribution in [2.24, 2.45) is 0 Å². The van der Waals surface area contributed by atoms with Gasteiger partial charge in [0.1, 0.15) is 17.2 Å². The number of nitrogens with two attached hydrogens (primary N) is 1. The molecule has 8 nitrogen and oxygen atoms in total. The number of rotatable bonds is 6. The molecule has 0 aliphatic heterocycles. The van der Waals surface area contributed by atoms with Crippen LogP contribution in [0.5, 0.6) is 0 Å². The maximum Gasteiger partial charge on any atom is 0.251 e. The molecular weight excluding hydrogens is 493 g/mol. The lowest BCUT2D eigenvalue weighted by molar-refractivity contribution is 0.0950. The third-order valence-electron chi connectivity index (χ3n) is 6.29. The lowest BCUT2D eigenvalue weighted by Gasteiger charge is -2.12. The van der Waals surface area contributed by atoms with E-state index in [0.717, 1.165) is 22.5 Å². The van der Waals surface area contributed by atoms with Crippen molar-refractivity contribution in [3.8, 4) is 28.3 Å². The maximum atomic E-state index is 13.5. The second kappa shape index (κ2) is 10.1. The van der Waals surface area contributed by atoms with E-state index >= 15 is 0 Å². The second-order valence-corrected chi connectivity index (χ2v) is 8.84. The number of nitrogens with one attached hydrogen (secondary N) is 1. The summed E-state index contributed by atoms with van der Waals surface area (Å²) in [6, 6.07) is 24.6. The molecule has 39 heavy (non-hydrogen) atoms. The highest BCUT2D eigenvalue weighted by Gasteiger charge is 2.19. The number of carbonyl (C=O) groups is 1. The summed E-state index contributed by atoms with van der Waals surface area (Å²) in [5.41, 5.74) is 12.0. The molecule has 0 bridgehead atoms. The van der Waals surface area contributed by atoms with Crippen LogP contribution in [-0.2, 0) is 6.54 Å². The highest BCUT2D eigenvalue weighted by molar-refractivity contribution is 5.94. The van der Waals surface area contributed by atoms with Gasteiger partial charge in [-0.1, -0.05) is 18.2 Å². The van der Waals surface area contributed by atoms with E-state index in [1.165, 1.54) is 18.2 Å². The molecule has 9 heteroatoms. The summed E-state index contributed by atoms with van der Waals surface area (Å²) < 4.78 is 15.4. The number of anilines is 1. The van der Waals surface area contributed by atoms with Crippen LogP contribution in [0.2, 0.25) is 0 Å². The Hall–Kier alpha value is -5.44. The molecule has 4 aromatic heterocycles. The Morgan fingerprint density at radius 2 is 1.72 bits per heavy atom. The molecule has 6 rings (SSSR count). The van der Waals surface area contributed by atoms with E-state index in [1.807, 2.05) is 65.2 Å². The number of nitrogen functional groups attached to an aromatic ring is 1. The number of pyridine rings is 3. The van der Waals surface area contributed by atoms with Gasteiger partial charge in [-0.15, -0.1) is 0 Å². The first kappa shape index (κ1) is 23.9. The zero-order chi connectivity index (χ0) is 26.8. The van der Waals surface area contributed by atoms with Crippen molar-refractivity contribution in [3.63, 3.8) is 0 Å². The van der Waals surface area contributed by atoms with Gasteiger partial charge < -0.3 is 11.1 Å². The average molecular weight is 516 g/mol. The van der Waals surface area contributed by atoms with Crippen molar-refractivity contribution in [3.05, 3.63) is 120 Å². The summed E-state index contributed by atoms with van der Waals surface area (Å²) in [5, 5.41) is 2.83. The zero-order valence-electron chi connectivity index (χ0n) is 20.6. The highest BCUT2D eigenvalue weighted by Crippen LogP contribution is 2.31. The van der Waals surface area contributed by atoms with Crippen molar-refractivity contribution in [1.29, 1.82) is 0 Å². The van der Waals surface area contributed by atoms with Gasteiger partial charge >= 0.3 is 0 Å². The number of imidazole rings is 1. The number of nitrogens with zero attached hydrogens (tertiary/aromatic N) is 5. The first-order valence-corrected chi connectivity index (χ1v) is 12.2. The van der Waals surface area contributed by atoms with Crippen LogP contribution < -0.4 is 11.1 Å². The molecule has 0 aliphatic rings. The molecule has 0 saturated heterocycles. The predicted octanol–water partition coefficient (Wildman–Crippen LogP) is 5.20. The molecular formula is C30H22FN7O. The number of amides is 1. The van der Waals surface area contributed by atoms with Crippen molar-refractivity contribution in [1.82, 2.24) is 29.8 Å². The van der Waals surface area contributed by atoms with Crippen LogP contribution in [0.3, 0.4) is 0 Å². The zero-order valence-corrected chi connectivity index (χ0v) is 20.6. The standard InChI is InChI=1S/C30H22FN7O/c31-22-4-1-3-21(17-22)30(39)35-18-19-6-8-23(9-7-19)38-28(24-5-2-14-34-27(24)32)37-26-11-10-25(36-29(26)38)20-12-15-33-16-13-20/h1-17H,18H2,(H2,32,34)(H,35,39). The Morgan fingerprint density at radius 1 is 0.897 bits per heavy atom. The summed E-state index contributed by atoms with van der Waals surface area (Å²) in [6.45, 7) is 0.285. The van der Waals surface area contributed by atoms with E-state index in [0.29, 0.717) is 28.4 Å². The van der Waals surface area contributed by atoms with Crippen molar-refractivity contribution >= 4 is 22.9 Å². The fraction of sp³-hybridized carbons (Fsp3) is 0.0333. The maximum absolute atomic E-state index is 13.5. The predicted molar refractivity (Wildman–Crippen MR) is 147 cm³/mol. The molecule has 0 fully saturated rings. The van der Waals surface area contributed by atoms with E-state index in [9.17, 15) is 9.18 Å². The van der Waals surface area contributed by atoms with Gasteiger partial charge in [-0.05, 0) is 72.3 Å². The van der Waals surface area contributed by atoms with Gasteiger partial charge in [0.15, 0.2) is 11.5 Å². The third-order valence-corrected chi connectivity index (χ3v) is 6.29. The molecule has 190 valence electrons. The highest BCUT2D eigenvalue weighted by atomic mass is 19.1. The first-order chi connectivity index (χ1) is 19.1. The Balaban J connectivity index is 1.38. The summed E-state index contributed by atoms with van der Waals surface area (Å²) >= 11 is 0. The van der Waals surface area contributed by atoms with Gasteiger partial charge in [-0.2, -0.15) is 0 Å². The lowest BCUT2D eigenvalue weighted by Crippen LogP contribution is -2.22. The van der Waals surface area contributed by atoms with E-state index in [4.69, 9.17) is 15.7 Å². The summed E-state index contributed by atoms with van der Waals surface area (Å²) in [4.78, 5) is 30.6. The van der Waals surface area contributed by atoms with Crippen LogP contribution >= 0.6 is 0 Å². The van der Waals surface area contributed by atoms with Gasteiger partial charge in [-0.25, -0.2) is 19.3 Å². The van der Waals surface area contributed by atoms with E-state index < -0.39 is 5.82 Å². The Labute approximate surface area is 223 Å². The van der Waals surface area contributed by atoms with Gasteiger partial charge in [0.2, 0.25) is 0 Å². The number of carbonyl (C=O) groups excluding carboxylic acids is 1. The third kappa shape index (κ3) is 4.80. The minimum atomic E-state index is -0.453. The van der Waals surface area contributed by atoms with Gasteiger partial charge in [-0.3, -0.25) is 14.3 Å². The molecule has 0 unspecified atom stereocenters. The smallest absolute Gasteiger partial charge is 0.251 e. The number of halogens is 1. The van der Waals surface area contributed by atoms with Crippen molar-refractivity contribution < 1.29 is 9.18 Å². The quantitative estimate of drug-likeness (QED) is 0.316. The average Bonchev–Trinajstić information content (AvgIpc) is 3.35. The van der Waals surface area contributed by atoms with Crippen LogP contribution in [0.25, 0.3) is 39.5 Å². The normalized spacial score (nSPS) is 11.0. The molecule has 0 radical (unpaired) electrons. The molecule has 6 aromatic rings. The Morgan fingerprint density at radius 3 is 2.49 bits per heavy atom. The Kier molecular flexibility index (Phi) is 6.22. The molecule has 4 heterocycles. The first-order valence-electron chi connectivity index (χ1n) is 12.2. The van der Waals surface area contributed by atoms with E-state index in [-0.39, 0.29) is 18.0 Å². The number of aromatic nitrogens is 5. The molecule has 0 saturated carbocycles. The fourth-order valence-corrected chi connectivity index (χ4v) is 4.35. The molecule has 0 spiro atoms. The van der Waals surface area contributed by atoms with Gasteiger partial charge in [0.25, 0.3) is 5.91 Å². The van der Waals surface area contributed by atoms with Crippen molar-refractivity contribution in [2.75, 3.05) is 5.73 Å². The van der Waals surface area contributed by atoms with E-state index in [2.05, 4.69) is 15.3 Å². The van der Waals surface area contributed by atoms with Crippen molar-refractivity contribution in [2.45, 2.75) is 6.54 Å². The SMILES string of the molecule is Nc1ncccc1-c1nc2ccc(-c3ccncc3)nc2n1-c1ccc(CNC(=O)c2cccc(F)c2)cc1.